The quantitative estimate of drug-likeness (QED) is 0.859. The van der Waals surface area contributed by atoms with Crippen molar-refractivity contribution in [2.45, 2.75) is 50.3 Å². The number of carbonyl (C=O) groups is 1. The average Bonchev–Trinajstić information content (AvgIpc) is 3.25. The molecule has 1 saturated heterocycles. The van der Waals surface area contributed by atoms with Crippen LogP contribution in [0.3, 0.4) is 0 Å². The molecule has 1 N–H and O–H groups in total. The maximum absolute atomic E-state index is 12.6. The van der Waals surface area contributed by atoms with E-state index in [1.165, 1.54) is 19.3 Å². The first-order chi connectivity index (χ1) is 12.5. The van der Waals surface area contributed by atoms with Crippen molar-refractivity contribution in [1.29, 1.82) is 0 Å². The smallest absolute Gasteiger partial charge is 0.223 e. The van der Waals surface area contributed by atoms with Crippen molar-refractivity contribution in [2.24, 2.45) is 17.8 Å². The molecule has 2 bridgehead atoms. The molecule has 1 aromatic carbocycles. The number of hydrogen-bond donors (Lipinski definition) is 1. The van der Waals surface area contributed by atoms with Crippen LogP contribution in [0.15, 0.2) is 30.3 Å². The van der Waals surface area contributed by atoms with Gasteiger partial charge < -0.3 is 5.32 Å². The summed E-state index contributed by atoms with van der Waals surface area (Å²) >= 11 is 0. The maximum Gasteiger partial charge on any atom is 0.223 e. The fraction of sp³-hybridized carbons (Fsp3) is 0.650. The van der Waals surface area contributed by atoms with Gasteiger partial charge in [0, 0.05) is 25.0 Å². The van der Waals surface area contributed by atoms with E-state index in [4.69, 9.17) is 0 Å². The van der Waals surface area contributed by atoms with E-state index in [2.05, 4.69) is 5.32 Å². The largest absolute Gasteiger partial charge is 0.353 e. The highest BCUT2D eigenvalue weighted by Crippen LogP contribution is 2.44. The van der Waals surface area contributed by atoms with Crippen LogP contribution in [0.25, 0.3) is 0 Å². The van der Waals surface area contributed by atoms with E-state index in [1.807, 2.05) is 30.3 Å². The van der Waals surface area contributed by atoms with Gasteiger partial charge >= 0.3 is 0 Å². The minimum absolute atomic E-state index is 0.0375. The van der Waals surface area contributed by atoms with E-state index in [1.54, 1.807) is 4.31 Å². The third-order valence-corrected chi connectivity index (χ3v) is 8.33. The summed E-state index contributed by atoms with van der Waals surface area (Å²) in [6.07, 6.45) is 6.25. The Morgan fingerprint density at radius 3 is 2.38 bits per heavy atom. The SMILES string of the molecule is O=C(N[C@H]1C[C@H]2CC[C@@H]1C2)C1CCN(S(=O)(=O)Cc2ccccc2)CC1. The summed E-state index contributed by atoms with van der Waals surface area (Å²) in [5.74, 6) is 1.63. The molecular formula is C20H28N2O3S. The molecule has 3 aliphatic rings. The lowest BCUT2D eigenvalue weighted by atomic mass is 9.93. The van der Waals surface area contributed by atoms with Crippen LogP contribution in [0.1, 0.15) is 44.1 Å². The second-order valence-electron chi connectivity index (χ2n) is 8.21. The van der Waals surface area contributed by atoms with Gasteiger partial charge in [0.05, 0.1) is 5.75 Å². The molecular weight excluding hydrogens is 348 g/mol. The molecule has 2 aliphatic carbocycles. The molecule has 6 heteroatoms. The third-order valence-electron chi connectivity index (χ3n) is 6.48. The van der Waals surface area contributed by atoms with Gasteiger partial charge in [0.25, 0.3) is 0 Å². The Bertz CT molecular complexity index is 742. The van der Waals surface area contributed by atoms with Crippen LogP contribution < -0.4 is 5.32 Å². The van der Waals surface area contributed by atoms with Gasteiger partial charge in [-0.25, -0.2) is 12.7 Å². The Hall–Kier alpha value is -1.40. The van der Waals surface area contributed by atoms with Crippen LogP contribution in [0.2, 0.25) is 0 Å². The summed E-state index contributed by atoms with van der Waals surface area (Å²) in [5, 5.41) is 3.27. The van der Waals surface area contributed by atoms with Gasteiger partial charge in [-0.05, 0) is 49.5 Å². The number of piperidine rings is 1. The molecule has 4 rings (SSSR count). The molecule has 0 spiro atoms. The zero-order valence-electron chi connectivity index (χ0n) is 15.1. The molecule has 142 valence electrons. The first-order valence-corrected chi connectivity index (χ1v) is 11.4. The third kappa shape index (κ3) is 3.81. The van der Waals surface area contributed by atoms with Gasteiger partial charge in [-0.3, -0.25) is 4.79 Å². The molecule has 1 aromatic rings. The second-order valence-corrected chi connectivity index (χ2v) is 10.2. The zero-order chi connectivity index (χ0) is 18.1. The summed E-state index contributed by atoms with van der Waals surface area (Å²) in [5.41, 5.74) is 0.809. The van der Waals surface area contributed by atoms with Crippen LogP contribution in [0.4, 0.5) is 0 Å². The second kappa shape index (κ2) is 7.31. The normalized spacial score (nSPS) is 29.8. The summed E-state index contributed by atoms with van der Waals surface area (Å²) in [6, 6.07) is 9.64. The standard InChI is InChI=1S/C20H28N2O3S/c23-20(21-19-13-16-6-7-18(19)12-16)17-8-10-22(11-9-17)26(24,25)14-15-4-2-1-3-5-15/h1-5,16-19H,6-14H2,(H,21,23)/t16-,18+,19-/m0/s1. The number of nitrogens with one attached hydrogen (secondary N) is 1. The average molecular weight is 377 g/mol. The fourth-order valence-corrected chi connectivity index (χ4v) is 6.56. The van der Waals surface area contributed by atoms with Crippen molar-refractivity contribution in [1.82, 2.24) is 9.62 Å². The highest BCUT2D eigenvalue weighted by Gasteiger charge is 2.41. The molecule has 1 heterocycles. The van der Waals surface area contributed by atoms with Crippen molar-refractivity contribution in [2.75, 3.05) is 13.1 Å². The Morgan fingerprint density at radius 2 is 1.77 bits per heavy atom. The predicted octanol–water partition coefficient (Wildman–Crippen LogP) is 2.53. The van der Waals surface area contributed by atoms with Crippen molar-refractivity contribution >= 4 is 15.9 Å². The first kappa shape index (κ1) is 18.0. The number of rotatable bonds is 5. The van der Waals surface area contributed by atoms with Gasteiger partial charge in [-0.2, -0.15) is 0 Å². The molecule has 0 aromatic heterocycles. The summed E-state index contributed by atoms with van der Waals surface area (Å²) in [6.45, 7) is 0.897. The lowest BCUT2D eigenvalue weighted by Crippen LogP contribution is -2.46. The van der Waals surface area contributed by atoms with Crippen molar-refractivity contribution in [3.05, 3.63) is 35.9 Å². The Balaban J connectivity index is 1.29. The Kier molecular flexibility index (Phi) is 5.06. The van der Waals surface area contributed by atoms with Crippen LogP contribution in [0, 0.1) is 17.8 Å². The lowest BCUT2D eigenvalue weighted by molar-refractivity contribution is -0.127. The Morgan fingerprint density at radius 1 is 1.04 bits per heavy atom. The Labute approximate surface area is 156 Å². The van der Waals surface area contributed by atoms with E-state index in [0.717, 1.165) is 17.9 Å². The number of carbonyl (C=O) groups excluding carboxylic acids is 1. The van der Waals surface area contributed by atoms with Gasteiger partial charge in [-0.1, -0.05) is 36.8 Å². The number of sulfonamides is 1. The molecule has 0 radical (unpaired) electrons. The molecule has 3 atom stereocenters. The predicted molar refractivity (Wildman–Crippen MR) is 101 cm³/mol. The van der Waals surface area contributed by atoms with Crippen LogP contribution in [-0.2, 0) is 20.6 Å². The molecule has 26 heavy (non-hydrogen) atoms. The summed E-state index contributed by atoms with van der Waals surface area (Å²) in [7, 11) is -3.31. The van der Waals surface area contributed by atoms with E-state index < -0.39 is 10.0 Å². The van der Waals surface area contributed by atoms with E-state index in [0.29, 0.717) is 37.9 Å². The van der Waals surface area contributed by atoms with Crippen molar-refractivity contribution < 1.29 is 13.2 Å². The van der Waals surface area contributed by atoms with Crippen LogP contribution in [-0.4, -0.2) is 37.8 Å². The molecule has 2 saturated carbocycles. The molecule has 3 fully saturated rings. The van der Waals surface area contributed by atoms with Gasteiger partial charge in [0.2, 0.25) is 15.9 Å². The summed E-state index contributed by atoms with van der Waals surface area (Å²) in [4.78, 5) is 12.6. The van der Waals surface area contributed by atoms with Gasteiger partial charge in [0.1, 0.15) is 0 Å². The monoisotopic (exact) mass is 376 g/mol. The van der Waals surface area contributed by atoms with Gasteiger partial charge in [0.15, 0.2) is 0 Å². The molecule has 1 amide bonds. The fourth-order valence-electron chi connectivity index (χ4n) is 4.99. The molecule has 0 unspecified atom stereocenters. The molecule has 5 nitrogen and oxygen atoms in total. The van der Waals surface area contributed by atoms with Crippen molar-refractivity contribution in [3.8, 4) is 0 Å². The summed E-state index contributed by atoms with van der Waals surface area (Å²) < 4.78 is 26.8. The lowest BCUT2D eigenvalue weighted by Gasteiger charge is -2.32. The van der Waals surface area contributed by atoms with Crippen molar-refractivity contribution in [3.63, 3.8) is 0 Å². The van der Waals surface area contributed by atoms with Crippen LogP contribution in [0.5, 0.6) is 0 Å². The number of amides is 1. The first-order valence-electron chi connectivity index (χ1n) is 9.83. The highest BCUT2D eigenvalue weighted by atomic mass is 32.2. The topological polar surface area (TPSA) is 66.5 Å². The van der Waals surface area contributed by atoms with E-state index in [-0.39, 0.29) is 17.6 Å². The minimum atomic E-state index is -3.31. The van der Waals surface area contributed by atoms with Gasteiger partial charge in [-0.15, -0.1) is 0 Å². The maximum atomic E-state index is 12.6. The number of hydrogen-bond acceptors (Lipinski definition) is 3. The van der Waals surface area contributed by atoms with E-state index >= 15 is 0 Å². The van der Waals surface area contributed by atoms with Crippen LogP contribution >= 0.6 is 0 Å². The highest BCUT2D eigenvalue weighted by molar-refractivity contribution is 7.88. The number of benzene rings is 1. The number of nitrogens with zero attached hydrogens (tertiary/aromatic N) is 1. The molecule has 1 aliphatic heterocycles. The minimum Gasteiger partial charge on any atom is -0.353 e. The number of fused-ring (bicyclic) bond motifs is 2. The zero-order valence-corrected chi connectivity index (χ0v) is 16.0. The van der Waals surface area contributed by atoms with E-state index in [9.17, 15) is 13.2 Å².